The van der Waals surface area contributed by atoms with Crippen molar-refractivity contribution < 1.29 is 63.6 Å². The number of carboxylic acids is 3. The van der Waals surface area contributed by atoms with Crippen molar-refractivity contribution >= 4 is 71.5 Å². The van der Waals surface area contributed by atoms with Gasteiger partial charge in [0.25, 0.3) is 0 Å². The quantitative estimate of drug-likeness (QED) is 0.0115. The van der Waals surface area contributed by atoms with Crippen LogP contribution in [0.4, 0.5) is 10.5 Å². The van der Waals surface area contributed by atoms with Crippen LogP contribution in [0.15, 0.2) is 138 Å². The third kappa shape index (κ3) is 28.5. The van der Waals surface area contributed by atoms with Crippen LogP contribution in [0.2, 0.25) is 0 Å². The molecular weight excluding hydrogens is 1290 g/mol. The maximum absolute atomic E-state index is 14.9. The summed E-state index contributed by atoms with van der Waals surface area (Å²) in [5.74, 6) is -6.54. The van der Waals surface area contributed by atoms with E-state index in [1.807, 2.05) is 97.1 Å². The van der Waals surface area contributed by atoms with Crippen molar-refractivity contribution in [3.8, 4) is 16.9 Å². The van der Waals surface area contributed by atoms with Crippen LogP contribution in [0, 0.1) is 5.41 Å². The minimum absolute atomic E-state index is 0.0281. The van der Waals surface area contributed by atoms with Crippen molar-refractivity contribution in [3.63, 3.8) is 0 Å². The molecule has 1 aliphatic rings. The van der Waals surface area contributed by atoms with Crippen LogP contribution in [0.1, 0.15) is 67.2 Å². The van der Waals surface area contributed by atoms with E-state index >= 15 is 0 Å². The maximum atomic E-state index is 14.9. The first-order chi connectivity index (χ1) is 48.2. The molecule has 5 aromatic rings. The molecule has 0 saturated carbocycles. The van der Waals surface area contributed by atoms with Crippen LogP contribution in [-0.4, -0.2) is 235 Å². The normalized spacial score (nSPS) is 15.1. The molecule has 1 unspecified atom stereocenters. The third-order valence-electron chi connectivity index (χ3n) is 16.5. The molecule has 0 bridgehead atoms. The van der Waals surface area contributed by atoms with Crippen molar-refractivity contribution in [3.05, 3.63) is 156 Å². The zero-order chi connectivity index (χ0) is 72.2. The van der Waals surface area contributed by atoms with E-state index in [1.165, 1.54) is 12.1 Å². The number of phenols is 1. The molecule has 538 valence electrons. The molecule has 1 aliphatic heterocycles. The lowest BCUT2D eigenvalue weighted by atomic mass is 9.90. The van der Waals surface area contributed by atoms with Gasteiger partial charge in [-0.3, -0.25) is 63.9 Å². The summed E-state index contributed by atoms with van der Waals surface area (Å²) in [4.78, 5) is 129. The van der Waals surface area contributed by atoms with Gasteiger partial charge in [-0.25, -0.2) is 4.79 Å². The fourth-order valence-corrected chi connectivity index (χ4v) is 11.2. The molecule has 100 heavy (non-hydrogen) atoms. The molecule has 30 heteroatoms. The third-order valence-corrected chi connectivity index (χ3v) is 16.5. The summed E-state index contributed by atoms with van der Waals surface area (Å²) in [6, 6.07) is 36.0. The number of carbonyl (C=O) groups excluding carboxylic acids is 6. The second kappa shape index (κ2) is 42.3. The van der Waals surface area contributed by atoms with E-state index in [4.69, 9.17) is 16.9 Å². The predicted molar refractivity (Wildman–Crippen MR) is 378 cm³/mol. The molecule has 6 amide bonds. The SMILES string of the molecule is CCNC(=O)/N=C(/N)NCCC[C@@H](NC(=O)[C@H](c1ccccc1)c1ccc(NCCCNC(=O)[C@@H](CCCNC(=N)N)NC(=O)[C@@H](Cc2ccc(-c3ccccc3)cc2)NC(C=O)N2CCN(CC(=O)O)CCN(CC(=O)O)CCN(CC(=O)O)CC2)cc1)C(=O)NCc1ccc(O)cc1. The Bertz CT molecular complexity index is 3430. The fourth-order valence-electron chi connectivity index (χ4n) is 11.2. The zero-order valence-electron chi connectivity index (χ0n) is 56.3. The predicted octanol–water partition coefficient (Wildman–Crippen LogP) is 1.27. The number of amides is 6. The summed E-state index contributed by atoms with van der Waals surface area (Å²) < 4.78 is 0. The molecule has 30 nitrogen and oxygen atoms in total. The Morgan fingerprint density at radius 1 is 0.530 bits per heavy atom. The van der Waals surface area contributed by atoms with E-state index in [0.717, 1.165) is 16.7 Å². The molecule has 6 rings (SSSR count). The van der Waals surface area contributed by atoms with Gasteiger partial charge in [0.05, 0.1) is 31.6 Å². The van der Waals surface area contributed by atoms with E-state index in [-0.39, 0.29) is 122 Å². The van der Waals surface area contributed by atoms with E-state index < -0.39 is 90.9 Å². The lowest BCUT2D eigenvalue weighted by molar-refractivity contribution is -0.140. The molecule has 1 heterocycles. The smallest absolute Gasteiger partial charge is 0.344 e. The van der Waals surface area contributed by atoms with Crippen LogP contribution in [0.3, 0.4) is 0 Å². The number of rotatable bonds is 37. The topological polar surface area (TPSA) is 444 Å². The number of guanidine groups is 2. The Labute approximate surface area is 581 Å². The lowest BCUT2D eigenvalue weighted by Gasteiger charge is -2.36. The van der Waals surface area contributed by atoms with Gasteiger partial charge in [-0.1, -0.05) is 109 Å². The van der Waals surface area contributed by atoms with Crippen LogP contribution >= 0.6 is 0 Å². The number of aliphatic imine (C=N–C) groups is 1. The first-order valence-corrected chi connectivity index (χ1v) is 33.4. The molecule has 5 aromatic carbocycles. The Balaban J connectivity index is 1.15. The second-order valence-electron chi connectivity index (χ2n) is 24.0. The number of urea groups is 1. The van der Waals surface area contributed by atoms with Crippen LogP contribution < -0.4 is 59.3 Å². The highest BCUT2D eigenvalue weighted by molar-refractivity contribution is 5.93. The van der Waals surface area contributed by atoms with Gasteiger partial charge in [0, 0.05) is 97.3 Å². The Hall–Kier alpha value is -10.5. The van der Waals surface area contributed by atoms with Gasteiger partial charge < -0.3 is 79.2 Å². The molecule has 0 spiro atoms. The van der Waals surface area contributed by atoms with Crippen molar-refractivity contribution in [2.24, 2.45) is 16.5 Å². The van der Waals surface area contributed by atoms with Gasteiger partial charge in [0.15, 0.2) is 18.2 Å². The Morgan fingerprint density at radius 2 is 1.02 bits per heavy atom. The number of hydrogen-bond donors (Lipinski definition) is 16. The minimum Gasteiger partial charge on any atom is -0.508 e. The molecule has 0 aromatic heterocycles. The number of nitrogens with zero attached hydrogens (tertiary/aromatic N) is 5. The molecule has 1 saturated heterocycles. The van der Waals surface area contributed by atoms with E-state index in [9.17, 15) is 63.6 Å². The van der Waals surface area contributed by atoms with Gasteiger partial charge in [0.1, 0.15) is 24.0 Å². The number of anilines is 1. The maximum Gasteiger partial charge on any atom is 0.344 e. The first kappa shape index (κ1) is 78.5. The highest BCUT2D eigenvalue weighted by Gasteiger charge is 2.32. The monoisotopic (exact) mass is 1380 g/mol. The number of carboxylic acid groups (broad SMARTS) is 3. The van der Waals surface area contributed by atoms with Crippen LogP contribution in [0.25, 0.3) is 11.1 Å². The number of aromatic hydroxyl groups is 1. The highest BCUT2D eigenvalue weighted by Crippen LogP contribution is 2.27. The van der Waals surface area contributed by atoms with Crippen LogP contribution in [-0.2, 0) is 51.3 Å². The zero-order valence-corrected chi connectivity index (χ0v) is 56.3. The summed E-state index contributed by atoms with van der Waals surface area (Å²) in [6.45, 7) is 3.03. The first-order valence-electron chi connectivity index (χ1n) is 33.4. The van der Waals surface area contributed by atoms with Gasteiger partial charge >= 0.3 is 23.9 Å². The van der Waals surface area contributed by atoms with Gasteiger partial charge in [-0.15, -0.1) is 0 Å². The summed E-state index contributed by atoms with van der Waals surface area (Å²) in [5.41, 5.74) is 16.8. The van der Waals surface area contributed by atoms with Crippen molar-refractivity contribution in [1.29, 1.82) is 5.41 Å². The van der Waals surface area contributed by atoms with Crippen molar-refractivity contribution in [2.75, 3.05) is 110 Å². The number of benzene rings is 5. The number of nitrogens with two attached hydrogens (primary N) is 2. The lowest BCUT2D eigenvalue weighted by Crippen LogP contribution is -2.60. The Kier molecular flexibility index (Phi) is 33.2. The second-order valence-corrected chi connectivity index (χ2v) is 24.0. The van der Waals surface area contributed by atoms with Gasteiger partial charge in [-0.05, 0) is 103 Å². The van der Waals surface area contributed by atoms with Gasteiger partial charge in [0.2, 0.25) is 23.6 Å². The standard InChI is InChI=1S/C70H95N17O13/c1-2-74-70(100)83-69(73)78-31-10-17-57(65(97)79-43-49-20-28-55(89)29-21-49)82-67(99)63(52-14-7-4-8-15-52)53-24-26-54(27-25-53)75-32-11-33-76-64(96)56(16-9-30-77-68(71)72)81-66(98)58(42-48-18-22-51(23-19-48)50-12-5-3-6-13-50)80-59(47-88)87-40-38-85(45-61(92)93)36-34-84(44-60(90)91)35-37-86(39-41-87)46-62(94)95/h3-8,12-15,18-29,47,56-59,63,75,80,89H,2,9-11,16-17,30-46H2,1H3,(H,76,96)(H,79,97)(H,81,98)(H,82,99)(H,90,91)(H,92,93)(H,94,95)(H4,71,72,77)(H4,73,74,78,83,100)/t56-,57-,58-,59?,63-/m1/s1. The van der Waals surface area contributed by atoms with E-state index in [1.54, 1.807) is 50.8 Å². The molecule has 18 N–H and O–H groups in total. The number of carbonyl (C=O) groups is 9. The molecule has 0 aliphatic carbocycles. The summed E-state index contributed by atoms with van der Waals surface area (Å²) in [6.07, 6.45) is 0.791. The molecule has 5 atom stereocenters. The molecule has 0 radical (unpaired) electrons. The highest BCUT2D eigenvalue weighted by atomic mass is 16.4. The molecular formula is C70H95N17O13. The Morgan fingerprint density at radius 3 is 1.56 bits per heavy atom. The number of hydrogen-bond acceptors (Lipinski definition) is 17. The number of aliphatic carboxylic acids is 3. The van der Waals surface area contributed by atoms with Crippen LogP contribution in [0.5, 0.6) is 5.75 Å². The largest absolute Gasteiger partial charge is 0.508 e. The van der Waals surface area contributed by atoms with Gasteiger partial charge in [-0.2, -0.15) is 4.99 Å². The van der Waals surface area contributed by atoms with E-state index in [2.05, 4.69) is 52.8 Å². The number of phenolic OH excluding ortho intramolecular Hbond substituents is 1. The number of aldehydes is 1. The number of nitrogens with one attached hydrogen (secondary N) is 10. The average molecular weight is 1380 g/mol. The average Bonchev–Trinajstić information content (AvgIpc) is 0.819. The van der Waals surface area contributed by atoms with Crippen molar-refractivity contribution in [2.45, 2.75) is 82.2 Å². The minimum atomic E-state index is -1.20. The van der Waals surface area contributed by atoms with Crippen molar-refractivity contribution in [1.82, 2.24) is 62.1 Å². The fraction of sp³-hybridized carbons (Fsp3) is 0.414. The van der Waals surface area contributed by atoms with E-state index in [0.29, 0.717) is 61.0 Å². The molecule has 1 fully saturated rings. The summed E-state index contributed by atoms with van der Waals surface area (Å²) in [5, 5.41) is 73.3. The summed E-state index contributed by atoms with van der Waals surface area (Å²) >= 11 is 0. The summed E-state index contributed by atoms with van der Waals surface area (Å²) in [7, 11) is 0.